The van der Waals surface area contributed by atoms with Gasteiger partial charge in [0, 0.05) is 5.69 Å². The van der Waals surface area contributed by atoms with E-state index >= 15 is 0 Å². The molecule has 3 heteroatoms. The molecule has 31 heavy (non-hydrogen) atoms. The summed E-state index contributed by atoms with van der Waals surface area (Å²) in [7, 11) is 0. The van der Waals surface area contributed by atoms with E-state index < -0.39 is 0 Å². The quantitative estimate of drug-likeness (QED) is 0.496. The lowest BCUT2D eigenvalue weighted by atomic mass is 9.68. The Labute approximate surface area is 189 Å². The minimum Gasteiger partial charge on any atom is -0.331 e. The van der Waals surface area contributed by atoms with Crippen LogP contribution in [-0.2, 0) is 6.42 Å². The number of carbonyl (C=O) groups is 1. The highest BCUT2D eigenvalue weighted by molar-refractivity contribution is 5.89. The van der Waals surface area contributed by atoms with Crippen LogP contribution in [0.4, 0.5) is 10.5 Å². The molecule has 2 aromatic carbocycles. The molecule has 2 N–H and O–H groups in total. The highest BCUT2D eigenvalue weighted by Gasteiger charge is 2.34. The van der Waals surface area contributed by atoms with Crippen molar-refractivity contribution < 1.29 is 4.79 Å². The van der Waals surface area contributed by atoms with E-state index in [0.717, 1.165) is 30.9 Å². The topological polar surface area (TPSA) is 41.1 Å². The van der Waals surface area contributed by atoms with Crippen LogP contribution in [0, 0.1) is 23.2 Å². The minimum absolute atomic E-state index is 0.0438. The van der Waals surface area contributed by atoms with Crippen molar-refractivity contribution >= 4 is 11.7 Å². The van der Waals surface area contributed by atoms with E-state index in [4.69, 9.17) is 0 Å². The first-order chi connectivity index (χ1) is 14.7. The van der Waals surface area contributed by atoms with Crippen LogP contribution in [0.2, 0.25) is 0 Å². The Balaban J connectivity index is 1.66. The van der Waals surface area contributed by atoms with Crippen molar-refractivity contribution in [1.82, 2.24) is 5.32 Å². The fraction of sp³-hybridized carbons (Fsp3) is 0.536. The summed E-state index contributed by atoms with van der Waals surface area (Å²) in [5, 5.41) is 6.35. The van der Waals surface area contributed by atoms with Crippen LogP contribution >= 0.6 is 0 Å². The van der Waals surface area contributed by atoms with E-state index in [0.29, 0.717) is 17.3 Å². The monoisotopic (exact) mass is 420 g/mol. The third kappa shape index (κ3) is 6.85. The van der Waals surface area contributed by atoms with Gasteiger partial charge in [0.1, 0.15) is 0 Å². The van der Waals surface area contributed by atoms with Crippen molar-refractivity contribution in [2.24, 2.45) is 23.2 Å². The fourth-order valence-electron chi connectivity index (χ4n) is 4.96. The Kier molecular flexibility index (Phi) is 7.80. The van der Waals surface area contributed by atoms with Crippen LogP contribution < -0.4 is 10.6 Å². The number of hydrogen-bond donors (Lipinski definition) is 2. The molecule has 1 aliphatic carbocycles. The van der Waals surface area contributed by atoms with Gasteiger partial charge in [0.2, 0.25) is 0 Å². The Morgan fingerprint density at radius 2 is 1.55 bits per heavy atom. The third-order valence-corrected chi connectivity index (χ3v) is 6.77. The largest absolute Gasteiger partial charge is 0.331 e. The maximum atomic E-state index is 12.9. The van der Waals surface area contributed by atoms with Crippen molar-refractivity contribution in [3.63, 3.8) is 0 Å². The highest BCUT2D eigenvalue weighted by atomic mass is 16.2. The molecule has 2 amide bonds. The molecule has 0 aliphatic heterocycles. The zero-order valence-corrected chi connectivity index (χ0v) is 19.9. The van der Waals surface area contributed by atoms with Crippen LogP contribution in [-0.4, -0.2) is 6.03 Å². The number of amides is 2. The first kappa shape index (κ1) is 23.4. The molecule has 1 fully saturated rings. The SMILES string of the molecule is CC(C)Cc1ccc(NC(=O)NC(c2ccccc2)C2CCC(C(C)(C)C)CC2)cc1. The summed E-state index contributed by atoms with van der Waals surface area (Å²) in [6.45, 7) is 11.5. The smallest absolute Gasteiger partial charge is 0.319 e. The van der Waals surface area contributed by atoms with Gasteiger partial charge in [-0.1, -0.05) is 77.1 Å². The number of nitrogens with one attached hydrogen (secondary N) is 2. The molecule has 168 valence electrons. The van der Waals surface area contributed by atoms with Crippen LogP contribution in [0.1, 0.15) is 77.5 Å². The molecule has 0 saturated heterocycles. The summed E-state index contributed by atoms with van der Waals surface area (Å²) in [5.41, 5.74) is 3.70. The van der Waals surface area contributed by atoms with Crippen molar-refractivity contribution in [2.75, 3.05) is 5.32 Å². The summed E-state index contributed by atoms with van der Waals surface area (Å²) in [6, 6.07) is 18.6. The van der Waals surface area contributed by atoms with Crippen molar-refractivity contribution in [3.05, 3.63) is 65.7 Å². The summed E-state index contributed by atoms with van der Waals surface area (Å²) in [5.74, 6) is 1.86. The number of carbonyl (C=O) groups excluding carboxylic acids is 1. The van der Waals surface area contributed by atoms with Crippen molar-refractivity contribution in [2.45, 2.75) is 72.8 Å². The van der Waals surface area contributed by atoms with E-state index in [2.05, 4.69) is 81.7 Å². The second kappa shape index (κ2) is 10.3. The molecular weight excluding hydrogens is 380 g/mol. The third-order valence-electron chi connectivity index (χ3n) is 6.77. The molecule has 2 aromatic rings. The molecule has 1 saturated carbocycles. The van der Waals surface area contributed by atoms with Crippen LogP contribution in [0.5, 0.6) is 0 Å². The second-order valence-electron chi connectivity index (χ2n) is 10.8. The molecule has 1 unspecified atom stereocenters. The van der Waals surface area contributed by atoms with Gasteiger partial charge in [0.05, 0.1) is 6.04 Å². The summed E-state index contributed by atoms with van der Waals surface area (Å²) in [6.07, 6.45) is 5.84. The fourth-order valence-corrected chi connectivity index (χ4v) is 4.96. The van der Waals surface area contributed by atoms with E-state index in [-0.39, 0.29) is 12.1 Å². The molecule has 1 aliphatic rings. The Morgan fingerprint density at radius 3 is 2.10 bits per heavy atom. The predicted octanol–water partition coefficient (Wildman–Crippen LogP) is 7.60. The van der Waals surface area contributed by atoms with Gasteiger partial charge >= 0.3 is 6.03 Å². The molecule has 1 atom stereocenters. The predicted molar refractivity (Wildman–Crippen MR) is 131 cm³/mol. The molecule has 3 rings (SSSR count). The maximum absolute atomic E-state index is 12.9. The van der Waals surface area contributed by atoms with Crippen molar-refractivity contribution in [3.8, 4) is 0 Å². The van der Waals surface area contributed by atoms with Gasteiger partial charge in [0.15, 0.2) is 0 Å². The van der Waals surface area contributed by atoms with Crippen LogP contribution in [0.15, 0.2) is 54.6 Å². The second-order valence-corrected chi connectivity index (χ2v) is 10.8. The number of anilines is 1. The average molecular weight is 421 g/mol. The Bertz CT molecular complexity index is 812. The maximum Gasteiger partial charge on any atom is 0.319 e. The van der Waals surface area contributed by atoms with Gasteiger partial charge in [-0.05, 0) is 78.5 Å². The van der Waals surface area contributed by atoms with E-state index in [1.807, 2.05) is 18.2 Å². The van der Waals surface area contributed by atoms with E-state index in [9.17, 15) is 4.79 Å². The molecular formula is C28H40N2O. The zero-order valence-electron chi connectivity index (χ0n) is 19.9. The lowest BCUT2D eigenvalue weighted by Crippen LogP contribution is -2.38. The lowest BCUT2D eigenvalue weighted by molar-refractivity contribution is 0.134. The number of rotatable bonds is 6. The van der Waals surface area contributed by atoms with Gasteiger partial charge in [-0.25, -0.2) is 4.79 Å². The number of hydrogen-bond acceptors (Lipinski definition) is 1. The summed E-state index contributed by atoms with van der Waals surface area (Å²) >= 11 is 0. The van der Waals surface area contributed by atoms with E-state index in [1.54, 1.807) is 0 Å². The molecule has 0 bridgehead atoms. The molecule has 0 aromatic heterocycles. The van der Waals surface area contributed by atoms with Gasteiger partial charge in [-0.2, -0.15) is 0 Å². The molecule has 0 spiro atoms. The Hall–Kier alpha value is -2.29. The first-order valence-electron chi connectivity index (χ1n) is 11.9. The standard InChI is InChI=1S/C28H40N2O/c1-20(2)19-21-11-17-25(18-12-21)29-27(31)30-26(22-9-7-6-8-10-22)23-13-15-24(16-14-23)28(3,4)5/h6-12,17-18,20,23-24,26H,13-16,19H2,1-5H3,(H2,29,30,31). The lowest BCUT2D eigenvalue weighted by Gasteiger charge is -2.39. The van der Waals surface area contributed by atoms with Crippen molar-refractivity contribution in [1.29, 1.82) is 0 Å². The summed E-state index contributed by atoms with van der Waals surface area (Å²) < 4.78 is 0. The molecule has 0 heterocycles. The number of urea groups is 1. The van der Waals surface area contributed by atoms with Gasteiger partial charge < -0.3 is 10.6 Å². The normalized spacial score (nSPS) is 20.3. The summed E-state index contributed by atoms with van der Waals surface area (Å²) in [4.78, 5) is 12.9. The van der Waals surface area contributed by atoms with E-state index in [1.165, 1.54) is 24.0 Å². The average Bonchev–Trinajstić information content (AvgIpc) is 2.73. The zero-order chi connectivity index (χ0) is 22.4. The van der Waals surface area contributed by atoms with Crippen LogP contribution in [0.3, 0.4) is 0 Å². The van der Waals surface area contributed by atoms with Crippen LogP contribution in [0.25, 0.3) is 0 Å². The number of benzene rings is 2. The van der Waals surface area contributed by atoms with Gasteiger partial charge in [-0.15, -0.1) is 0 Å². The highest BCUT2D eigenvalue weighted by Crippen LogP contribution is 2.43. The van der Waals surface area contributed by atoms with Gasteiger partial charge in [-0.3, -0.25) is 0 Å². The minimum atomic E-state index is -0.122. The molecule has 0 radical (unpaired) electrons. The molecule has 3 nitrogen and oxygen atoms in total. The Morgan fingerprint density at radius 1 is 0.935 bits per heavy atom. The first-order valence-corrected chi connectivity index (χ1v) is 11.9. The van der Waals surface area contributed by atoms with Gasteiger partial charge in [0.25, 0.3) is 0 Å².